The van der Waals surface area contributed by atoms with Crippen LogP contribution in [0.5, 0.6) is 11.5 Å². The molecule has 0 bridgehead atoms. The molecule has 41 heavy (non-hydrogen) atoms. The van der Waals surface area contributed by atoms with Gasteiger partial charge in [-0.25, -0.2) is 0 Å². The van der Waals surface area contributed by atoms with Crippen LogP contribution in [0.15, 0.2) is 70.6 Å². The number of carboxylic acids is 2. The molecule has 0 fully saturated rings. The van der Waals surface area contributed by atoms with E-state index >= 15 is 0 Å². The second-order valence-corrected chi connectivity index (χ2v) is 10.0. The molecule has 3 aromatic rings. The monoisotopic (exact) mass is 605 g/mol. The van der Waals surface area contributed by atoms with Crippen LogP contribution in [0.1, 0.15) is 63.8 Å². The van der Waals surface area contributed by atoms with E-state index in [4.69, 9.17) is 19.8 Å². The van der Waals surface area contributed by atoms with Crippen molar-refractivity contribution in [3.63, 3.8) is 0 Å². The van der Waals surface area contributed by atoms with Gasteiger partial charge in [0, 0.05) is 35.5 Å². The van der Waals surface area contributed by atoms with E-state index < -0.39 is 11.9 Å². The normalized spacial score (nSPS) is 10.5. The summed E-state index contributed by atoms with van der Waals surface area (Å²) in [5.74, 6) is -0.645. The molecule has 0 aromatic heterocycles. The first kappa shape index (κ1) is 37.0. The molecule has 0 saturated carbocycles. The second-order valence-electron chi connectivity index (χ2n) is 10.0. The fraction of sp³-hybridized carbons (Fsp3) is 0.312. The van der Waals surface area contributed by atoms with E-state index in [2.05, 4.69) is 37.7 Å². The topological polar surface area (TPSA) is 145 Å². The van der Waals surface area contributed by atoms with Gasteiger partial charge >= 0.3 is 16.8 Å². The van der Waals surface area contributed by atoms with Crippen molar-refractivity contribution in [3.8, 4) is 11.5 Å². The molecule has 0 saturated heterocycles. The van der Waals surface area contributed by atoms with E-state index in [1.165, 1.54) is 11.1 Å². The van der Waals surface area contributed by atoms with Crippen molar-refractivity contribution < 1.29 is 46.8 Å². The Kier molecular flexibility index (Phi) is 17.3. The average molecular weight is 606 g/mol. The van der Waals surface area contributed by atoms with Crippen molar-refractivity contribution in [3.05, 3.63) is 82.9 Å². The third kappa shape index (κ3) is 16.7. The number of hydrogen-bond donors (Lipinski definition) is 2. The minimum atomic E-state index is -1.08. The maximum Gasteiger partial charge on any atom is 2.00 e. The number of phenolic OH excluding ortho intramolecular Hbond substituents is 2. The SMILES string of the molecule is CC(=O)[O-].CC(=O)[O-].CC(C)Cc1ccc(O)c(C=Nc2cccc(N=Cc3cc(CC(C)C)ccc3O)c2)c1.[Co+2]. The third-order valence-electron chi connectivity index (χ3n) is 5.01. The van der Waals surface area contributed by atoms with Crippen molar-refractivity contribution in [2.75, 3.05) is 0 Å². The number of carbonyl (C=O) groups is 2. The predicted octanol–water partition coefficient (Wildman–Crippen LogP) is 4.51. The number of aromatic hydroxyl groups is 2. The molecule has 8 nitrogen and oxygen atoms in total. The van der Waals surface area contributed by atoms with Crippen LogP contribution in [0.25, 0.3) is 0 Å². The zero-order valence-electron chi connectivity index (χ0n) is 24.3. The molecule has 2 N–H and O–H groups in total. The van der Waals surface area contributed by atoms with E-state index in [1.807, 2.05) is 48.5 Å². The summed E-state index contributed by atoms with van der Waals surface area (Å²) in [6.07, 6.45) is 5.28. The van der Waals surface area contributed by atoms with Gasteiger partial charge in [0.15, 0.2) is 0 Å². The summed E-state index contributed by atoms with van der Waals surface area (Å²) in [5.41, 5.74) is 5.24. The zero-order chi connectivity index (χ0) is 30.2. The van der Waals surface area contributed by atoms with Crippen molar-refractivity contribution in [2.45, 2.75) is 54.4 Å². The number of phenols is 2. The minimum absolute atomic E-state index is 0. The van der Waals surface area contributed by atoms with E-state index in [1.54, 1.807) is 24.6 Å². The predicted molar refractivity (Wildman–Crippen MR) is 156 cm³/mol. The number of hydrogen-bond acceptors (Lipinski definition) is 8. The quantitative estimate of drug-likeness (QED) is 0.362. The molecule has 1 radical (unpaired) electrons. The van der Waals surface area contributed by atoms with E-state index in [0.29, 0.717) is 23.0 Å². The Morgan fingerprint density at radius 2 is 1.05 bits per heavy atom. The number of nitrogens with zero attached hydrogens (tertiary/aromatic N) is 2. The summed E-state index contributed by atoms with van der Waals surface area (Å²) >= 11 is 0. The summed E-state index contributed by atoms with van der Waals surface area (Å²) in [6, 6.07) is 18.9. The van der Waals surface area contributed by atoms with E-state index in [-0.39, 0.29) is 28.3 Å². The maximum absolute atomic E-state index is 10.2. The first-order chi connectivity index (χ1) is 18.8. The fourth-order valence-electron chi connectivity index (χ4n) is 3.55. The molecule has 3 rings (SSSR count). The fourth-order valence-corrected chi connectivity index (χ4v) is 3.55. The van der Waals surface area contributed by atoms with Gasteiger partial charge in [-0.2, -0.15) is 0 Å². The molecule has 0 aliphatic heterocycles. The number of carbonyl (C=O) groups excluding carboxylic acids is 2. The van der Waals surface area contributed by atoms with Gasteiger partial charge in [-0.05, 0) is 92.1 Å². The standard InChI is InChI=1S/C28H32N2O2.2C2H4O2.Co/c1-19(2)12-21-8-10-27(31)23(14-21)17-29-25-6-5-7-26(16-25)30-18-24-15-22(13-20(3)4)9-11-28(24)32;2*1-2(3)4;/h5-11,14-20,31-32H,12-13H2,1-4H3;2*1H3,(H,3,4);/q;;;+2/p-2. The Morgan fingerprint density at radius 1 is 0.707 bits per heavy atom. The largest absolute Gasteiger partial charge is 2.00 e. The molecular formula is C32H38CoN2O6. The summed E-state index contributed by atoms with van der Waals surface area (Å²) in [5, 5.41) is 38.1. The smallest absolute Gasteiger partial charge is 0.550 e. The van der Waals surface area contributed by atoms with Crippen LogP contribution in [0.2, 0.25) is 0 Å². The van der Waals surface area contributed by atoms with Crippen molar-refractivity contribution >= 4 is 35.7 Å². The Hall–Kier alpha value is -3.95. The Balaban J connectivity index is 0.00000158. The van der Waals surface area contributed by atoms with Crippen LogP contribution in [0.3, 0.4) is 0 Å². The number of aliphatic imine (C=N–C) groups is 2. The van der Waals surface area contributed by atoms with Gasteiger partial charge in [0.25, 0.3) is 0 Å². The average Bonchev–Trinajstić information content (AvgIpc) is 2.83. The van der Waals surface area contributed by atoms with Gasteiger partial charge in [-0.1, -0.05) is 45.9 Å². The molecule has 0 amide bonds. The molecular weight excluding hydrogens is 567 g/mol. The van der Waals surface area contributed by atoms with Gasteiger partial charge in [0.05, 0.1) is 11.4 Å². The van der Waals surface area contributed by atoms with E-state index in [0.717, 1.165) is 38.1 Å². The Morgan fingerprint density at radius 3 is 1.37 bits per heavy atom. The summed E-state index contributed by atoms with van der Waals surface area (Å²) in [6.45, 7) is 10.6. The first-order valence-electron chi connectivity index (χ1n) is 12.9. The van der Waals surface area contributed by atoms with Crippen LogP contribution in [0, 0.1) is 11.8 Å². The van der Waals surface area contributed by atoms with Crippen LogP contribution in [-0.4, -0.2) is 34.6 Å². The second kappa shape index (κ2) is 19.2. The Labute approximate surface area is 252 Å². The van der Waals surface area contributed by atoms with Crippen molar-refractivity contribution in [1.82, 2.24) is 0 Å². The number of benzene rings is 3. The van der Waals surface area contributed by atoms with Crippen molar-refractivity contribution in [1.29, 1.82) is 0 Å². The molecule has 9 heteroatoms. The molecule has 0 heterocycles. The van der Waals surface area contributed by atoms with Gasteiger partial charge in [0.2, 0.25) is 0 Å². The van der Waals surface area contributed by atoms with Gasteiger partial charge < -0.3 is 30.0 Å². The molecule has 0 atom stereocenters. The zero-order valence-corrected chi connectivity index (χ0v) is 25.3. The minimum Gasteiger partial charge on any atom is -0.550 e. The molecule has 0 aliphatic rings. The summed E-state index contributed by atoms with van der Waals surface area (Å²) < 4.78 is 0. The number of aliphatic carboxylic acids is 2. The van der Waals surface area contributed by atoms with Gasteiger partial charge in [0.1, 0.15) is 11.5 Å². The van der Waals surface area contributed by atoms with Crippen LogP contribution < -0.4 is 10.2 Å². The van der Waals surface area contributed by atoms with Gasteiger partial charge in [-0.3, -0.25) is 9.98 Å². The third-order valence-corrected chi connectivity index (χ3v) is 5.01. The summed E-state index contributed by atoms with van der Waals surface area (Å²) in [7, 11) is 0. The van der Waals surface area contributed by atoms with E-state index in [9.17, 15) is 10.2 Å². The summed E-state index contributed by atoms with van der Waals surface area (Å²) in [4.78, 5) is 26.8. The van der Waals surface area contributed by atoms with Crippen molar-refractivity contribution in [2.24, 2.45) is 21.8 Å². The molecule has 3 aromatic carbocycles. The molecule has 0 unspecified atom stereocenters. The van der Waals surface area contributed by atoms with Crippen LogP contribution >= 0.6 is 0 Å². The molecule has 0 aliphatic carbocycles. The Bertz CT molecular complexity index is 1210. The van der Waals surface area contributed by atoms with Gasteiger partial charge in [-0.15, -0.1) is 0 Å². The van der Waals surface area contributed by atoms with Crippen LogP contribution in [-0.2, 0) is 39.2 Å². The number of rotatable bonds is 8. The maximum atomic E-state index is 10.2. The van der Waals surface area contributed by atoms with Crippen LogP contribution in [0.4, 0.5) is 11.4 Å². The first-order valence-corrected chi connectivity index (χ1v) is 12.9. The molecule has 0 spiro atoms. The molecule has 221 valence electrons. The number of carboxylic acid groups (broad SMARTS) is 2.